The van der Waals surface area contributed by atoms with Gasteiger partial charge in [-0.2, -0.15) is 0 Å². The second-order valence-corrected chi connectivity index (χ2v) is 5.86. The number of carbonyl (C=O) groups is 1. The summed E-state index contributed by atoms with van der Waals surface area (Å²) in [5.74, 6) is 0.693. The van der Waals surface area contributed by atoms with E-state index in [9.17, 15) is 4.79 Å². The fourth-order valence-corrected chi connectivity index (χ4v) is 2.41. The smallest absolute Gasteiger partial charge is 0.350 e. The maximum atomic E-state index is 11.8. The Balaban J connectivity index is 1.71. The van der Waals surface area contributed by atoms with Gasteiger partial charge in [-0.15, -0.1) is 0 Å². The normalized spacial score (nSPS) is 14.9. The predicted octanol–water partition coefficient (Wildman–Crippen LogP) is 4.00. The quantitative estimate of drug-likeness (QED) is 0.750. The first-order valence-corrected chi connectivity index (χ1v) is 7.74. The summed E-state index contributed by atoms with van der Waals surface area (Å²) in [6.45, 7) is 0.448. The van der Waals surface area contributed by atoms with E-state index < -0.39 is 5.60 Å². The van der Waals surface area contributed by atoms with Crippen LogP contribution < -0.4 is 9.47 Å². The molecule has 3 rings (SSSR count). The molecule has 0 radical (unpaired) electrons. The number of methoxy groups -OCH3 is 1. The zero-order chi connectivity index (χ0) is 16.3. The lowest BCUT2D eigenvalue weighted by Gasteiger charge is -2.17. The molecule has 5 heteroatoms. The molecular weight excluding hydrogens is 316 g/mol. The second-order valence-electron chi connectivity index (χ2n) is 5.45. The summed E-state index contributed by atoms with van der Waals surface area (Å²) in [4.78, 5) is 11.8. The number of benzene rings is 2. The Hall–Kier alpha value is -2.20. The number of carbonyl (C=O) groups excluding carboxylic acids is 1. The second kappa shape index (κ2) is 6.50. The Morgan fingerprint density at radius 1 is 1.17 bits per heavy atom. The Morgan fingerprint density at radius 3 is 2.57 bits per heavy atom. The number of ether oxygens (including phenoxy) is 3. The first-order valence-electron chi connectivity index (χ1n) is 7.37. The lowest BCUT2D eigenvalue weighted by Crippen LogP contribution is -2.30. The van der Waals surface area contributed by atoms with Crippen molar-refractivity contribution in [3.8, 4) is 11.5 Å². The third-order valence-corrected chi connectivity index (χ3v) is 4.03. The molecule has 0 saturated heterocycles. The van der Waals surface area contributed by atoms with Crippen LogP contribution in [0.4, 0.5) is 0 Å². The topological polar surface area (TPSA) is 44.8 Å². The minimum absolute atomic E-state index is 0.371. The third kappa shape index (κ3) is 3.59. The van der Waals surface area contributed by atoms with E-state index in [4.69, 9.17) is 25.8 Å². The number of hydrogen-bond acceptors (Lipinski definition) is 4. The number of esters is 1. The van der Waals surface area contributed by atoms with Crippen LogP contribution in [0.2, 0.25) is 5.02 Å². The summed E-state index contributed by atoms with van der Waals surface area (Å²) in [6, 6.07) is 15.0. The molecule has 120 valence electrons. The SMILES string of the molecule is COC(=O)C1(Oc2cc(OCc3ccccc3)ccc2Cl)CC1. The minimum atomic E-state index is -0.892. The van der Waals surface area contributed by atoms with E-state index >= 15 is 0 Å². The average Bonchev–Trinajstić information content (AvgIpc) is 3.36. The molecule has 0 atom stereocenters. The molecule has 0 bridgehead atoms. The van der Waals surface area contributed by atoms with Crippen molar-refractivity contribution in [2.75, 3.05) is 7.11 Å². The molecule has 0 unspecified atom stereocenters. The summed E-state index contributed by atoms with van der Waals surface area (Å²) in [5, 5.41) is 0.437. The lowest BCUT2D eigenvalue weighted by molar-refractivity contribution is -0.151. The van der Waals surface area contributed by atoms with Crippen LogP contribution in [0.15, 0.2) is 48.5 Å². The van der Waals surface area contributed by atoms with Crippen LogP contribution in [0.5, 0.6) is 11.5 Å². The molecule has 0 aromatic heterocycles. The van der Waals surface area contributed by atoms with Crippen LogP contribution in [0.25, 0.3) is 0 Å². The lowest BCUT2D eigenvalue weighted by atomic mass is 10.2. The molecule has 0 aliphatic heterocycles. The molecule has 0 heterocycles. The van der Waals surface area contributed by atoms with E-state index in [2.05, 4.69) is 0 Å². The van der Waals surface area contributed by atoms with Crippen molar-refractivity contribution in [1.29, 1.82) is 0 Å². The van der Waals surface area contributed by atoms with E-state index in [0.717, 1.165) is 5.56 Å². The van der Waals surface area contributed by atoms with Crippen molar-refractivity contribution >= 4 is 17.6 Å². The van der Waals surface area contributed by atoms with Gasteiger partial charge in [-0.3, -0.25) is 0 Å². The van der Waals surface area contributed by atoms with Crippen LogP contribution in [0.1, 0.15) is 18.4 Å². The summed E-state index contributed by atoms with van der Waals surface area (Å²) in [5.41, 5.74) is 0.175. The maximum Gasteiger partial charge on any atom is 0.350 e. The number of rotatable bonds is 6. The fourth-order valence-electron chi connectivity index (χ4n) is 2.25. The highest BCUT2D eigenvalue weighted by molar-refractivity contribution is 6.32. The molecule has 1 aliphatic carbocycles. The Morgan fingerprint density at radius 2 is 1.91 bits per heavy atom. The molecule has 1 fully saturated rings. The highest BCUT2D eigenvalue weighted by Crippen LogP contribution is 2.43. The van der Waals surface area contributed by atoms with Gasteiger partial charge in [0.1, 0.15) is 18.1 Å². The van der Waals surface area contributed by atoms with E-state index in [1.54, 1.807) is 18.2 Å². The Kier molecular flexibility index (Phi) is 4.44. The molecule has 2 aromatic carbocycles. The van der Waals surface area contributed by atoms with Gasteiger partial charge >= 0.3 is 5.97 Å². The zero-order valence-corrected chi connectivity index (χ0v) is 13.5. The molecule has 23 heavy (non-hydrogen) atoms. The Bertz CT molecular complexity index is 695. The molecule has 0 N–H and O–H groups in total. The predicted molar refractivity (Wildman–Crippen MR) is 86.8 cm³/mol. The maximum absolute atomic E-state index is 11.8. The van der Waals surface area contributed by atoms with Gasteiger partial charge in [0.25, 0.3) is 0 Å². The zero-order valence-electron chi connectivity index (χ0n) is 12.8. The van der Waals surface area contributed by atoms with Crippen LogP contribution in [0.3, 0.4) is 0 Å². The summed E-state index contributed by atoms with van der Waals surface area (Å²) < 4.78 is 16.3. The van der Waals surface area contributed by atoms with Crippen molar-refractivity contribution in [3.63, 3.8) is 0 Å². The average molecular weight is 333 g/mol. The van der Waals surface area contributed by atoms with E-state index in [-0.39, 0.29) is 5.97 Å². The van der Waals surface area contributed by atoms with Crippen LogP contribution >= 0.6 is 11.6 Å². The van der Waals surface area contributed by atoms with Gasteiger partial charge < -0.3 is 14.2 Å². The number of hydrogen-bond donors (Lipinski definition) is 0. The van der Waals surface area contributed by atoms with Gasteiger partial charge in [0.2, 0.25) is 5.60 Å². The van der Waals surface area contributed by atoms with Gasteiger partial charge in [-0.25, -0.2) is 4.79 Å². The van der Waals surface area contributed by atoms with Gasteiger partial charge in [0.05, 0.1) is 12.1 Å². The first-order chi connectivity index (χ1) is 11.1. The van der Waals surface area contributed by atoms with Crippen LogP contribution in [0, 0.1) is 0 Å². The van der Waals surface area contributed by atoms with Gasteiger partial charge in [-0.1, -0.05) is 41.9 Å². The summed E-state index contributed by atoms with van der Waals surface area (Å²) >= 11 is 6.16. The molecule has 0 spiro atoms. The van der Waals surface area contributed by atoms with Crippen molar-refractivity contribution in [2.45, 2.75) is 25.0 Å². The Labute approximate surface area is 139 Å². The molecule has 1 aliphatic rings. The van der Waals surface area contributed by atoms with Crippen molar-refractivity contribution in [1.82, 2.24) is 0 Å². The number of halogens is 1. The van der Waals surface area contributed by atoms with Gasteiger partial charge in [0.15, 0.2) is 0 Å². The summed E-state index contributed by atoms with van der Waals surface area (Å²) in [7, 11) is 1.35. The first kappa shape index (κ1) is 15.7. The van der Waals surface area contributed by atoms with E-state index in [1.165, 1.54) is 7.11 Å². The van der Waals surface area contributed by atoms with Crippen LogP contribution in [-0.2, 0) is 16.1 Å². The largest absolute Gasteiger partial charge is 0.489 e. The molecule has 2 aromatic rings. The molecule has 4 nitrogen and oxygen atoms in total. The van der Waals surface area contributed by atoms with E-state index in [0.29, 0.717) is 36.0 Å². The fraction of sp³-hybridized carbons (Fsp3) is 0.278. The molecular formula is C18H17ClO4. The third-order valence-electron chi connectivity index (χ3n) is 3.72. The van der Waals surface area contributed by atoms with Crippen molar-refractivity contribution < 1.29 is 19.0 Å². The van der Waals surface area contributed by atoms with Crippen molar-refractivity contribution in [2.24, 2.45) is 0 Å². The standard InChI is InChI=1S/C18H17ClO4/c1-21-17(20)18(9-10-18)23-16-11-14(7-8-15(16)19)22-12-13-5-3-2-4-6-13/h2-8,11H,9-10,12H2,1H3. The van der Waals surface area contributed by atoms with E-state index in [1.807, 2.05) is 30.3 Å². The van der Waals surface area contributed by atoms with Crippen molar-refractivity contribution in [3.05, 3.63) is 59.1 Å². The molecule has 0 amide bonds. The monoisotopic (exact) mass is 332 g/mol. The highest BCUT2D eigenvalue weighted by atomic mass is 35.5. The highest BCUT2D eigenvalue weighted by Gasteiger charge is 2.54. The minimum Gasteiger partial charge on any atom is -0.489 e. The van der Waals surface area contributed by atoms with Crippen LogP contribution in [-0.4, -0.2) is 18.7 Å². The molecule has 1 saturated carbocycles. The summed E-state index contributed by atoms with van der Waals surface area (Å²) in [6.07, 6.45) is 1.26. The van der Waals surface area contributed by atoms with Gasteiger partial charge in [-0.05, 0) is 17.7 Å². The van der Waals surface area contributed by atoms with Gasteiger partial charge in [0, 0.05) is 18.9 Å².